The fourth-order valence-electron chi connectivity index (χ4n) is 0.950. The summed E-state index contributed by atoms with van der Waals surface area (Å²) in [7, 11) is 0. The molecule has 0 saturated heterocycles. The highest BCUT2D eigenvalue weighted by molar-refractivity contribution is 7.80. The molecule has 2 aromatic heterocycles. The van der Waals surface area contributed by atoms with Gasteiger partial charge in [-0.2, -0.15) is 22.7 Å². The van der Waals surface area contributed by atoms with E-state index in [-0.39, 0.29) is 5.25 Å². The molecule has 2 aromatic rings. The van der Waals surface area contributed by atoms with Crippen LogP contribution in [0.4, 0.5) is 0 Å². The summed E-state index contributed by atoms with van der Waals surface area (Å²) in [5, 5.41) is 4.14. The molecule has 0 radical (unpaired) electrons. The first kappa shape index (κ1) is 7.54. The molecule has 0 spiro atoms. The van der Waals surface area contributed by atoms with Crippen molar-refractivity contribution in [2.45, 2.75) is 12.2 Å². The summed E-state index contributed by atoms with van der Waals surface area (Å²) in [6.07, 6.45) is 5.13. The summed E-state index contributed by atoms with van der Waals surface area (Å²) in [6.45, 7) is 1.99. The van der Waals surface area contributed by atoms with E-state index in [4.69, 9.17) is 0 Å². The van der Waals surface area contributed by atoms with Gasteiger partial charge in [-0.15, -0.1) is 0 Å². The largest absolute Gasteiger partial charge is 0.252 e. The molecule has 2 heterocycles. The minimum atomic E-state index is 0.172. The zero-order chi connectivity index (χ0) is 8.55. The Bertz CT molecular complexity index is 395. The van der Waals surface area contributed by atoms with Crippen LogP contribution in [0.3, 0.4) is 0 Å². The Morgan fingerprint density at radius 2 is 2.33 bits per heavy atom. The van der Waals surface area contributed by atoms with Gasteiger partial charge in [-0.05, 0) is 6.92 Å². The number of hydrogen-bond donors (Lipinski definition) is 1. The van der Waals surface area contributed by atoms with Crippen LogP contribution in [0.2, 0.25) is 0 Å². The quantitative estimate of drug-likeness (QED) is 0.669. The number of thiol groups is 1. The highest BCUT2D eigenvalue weighted by atomic mass is 32.1. The van der Waals surface area contributed by atoms with E-state index in [1.54, 1.807) is 10.7 Å². The molecule has 0 N–H and O–H groups in total. The van der Waals surface area contributed by atoms with Gasteiger partial charge in [-0.1, -0.05) is 0 Å². The second-order valence-electron chi connectivity index (χ2n) is 2.57. The molecule has 0 amide bonds. The van der Waals surface area contributed by atoms with Gasteiger partial charge in [0.1, 0.15) is 6.33 Å². The standard InChI is InChI=1S/C7H8N4S/c1-5(12)6-2-8-7-9-4-10-11(7)3-6/h2-5,12H,1H3. The molecule has 12 heavy (non-hydrogen) atoms. The first-order chi connectivity index (χ1) is 5.77. The molecule has 62 valence electrons. The number of fused-ring (bicyclic) bond motifs is 1. The fourth-order valence-corrected chi connectivity index (χ4v) is 1.08. The lowest BCUT2D eigenvalue weighted by atomic mass is 10.3. The Labute approximate surface area is 75.1 Å². The van der Waals surface area contributed by atoms with E-state index in [9.17, 15) is 0 Å². The highest BCUT2D eigenvalue weighted by Crippen LogP contribution is 2.16. The smallest absolute Gasteiger partial charge is 0.219 e. The third-order valence-corrected chi connectivity index (χ3v) is 1.94. The van der Waals surface area contributed by atoms with Gasteiger partial charge in [0.2, 0.25) is 0 Å². The molecule has 0 aliphatic carbocycles. The summed E-state index contributed by atoms with van der Waals surface area (Å²) in [6, 6.07) is 0. The van der Waals surface area contributed by atoms with Crippen molar-refractivity contribution in [1.82, 2.24) is 19.6 Å². The zero-order valence-electron chi connectivity index (χ0n) is 6.55. The molecule has 0 aliphatic rings. The lowest BCUT2D eigenvalue weighted by Crippen LogP contribution is -1.94. The molecule has 2 rings (SSSR count). The van der Waals surface area contributed by atoms with Crippen LogP contribution in [0, 0.1) is 0 Å². The van der Waals surface area contributed by atoms with Crippen molar-refractivity contribution in [2.24, 2.45) is 0 Å². The van der Waals surface area contributed by atoms with Crippen LogP contribution in [-0.4, -0.2) is 19.6 Å². The zero-order valence-corrected chi connectivity index (χ0v) is 7.44. The molecule has 1 atom stereocenters. The number of hydrogen-bond acceptors (Lipinski definition) is 4. The first-order valence-electron chi connectivity index (χ1n) is 3.61. The van der Waals surface area contributed by atoms with Gasteiger partial charge >= 0.3 is 0 Å². The molecule has 0 bridgehead atoms. The van der Waals surface area contributed by atoms with Crippen LogP contribution >= 0.6 is 12.6 Å². The molecular weight excluding hydrogens is 172 g/mol. The topological polar surface area (TPSA) is 43.1 Å². The summed E-state index contributed by atoms with van der Waals surface area (Å²) < 4.78 is 1.64. The normalized spacial score (nSPS) is 13.5. The lowest BCUT2D eigenvalue weighted by molar-refractivity contribution is 0.906. The van der Waals surface area contributed by atoms with Gasteiger partial charge in [0.05, 0.1) is 0 Å². The molecule has 0 saturated carbocycles. The molecular formula is C7H8N4S. The van der Waals surface area contributed by atoms with Crippen molar-refractivity contribution < 1.29 is 0 Å². The Morgan fingerprint density at radius 1 is 1.50 bits per heavy atom. The van der Waals surface area contributed by atoms with E-state index in [1.807, 2.05) is 13.1 Å². The molecule has 0 aliphatic heterocycles. The minimum Gasteiger partial charge on any atom is -0.219 e. The minimum absolute atomic E-state index is 0.172. The third kappa shape index (κ3) is 1.16. The molecule has 4 nitrogen and oxygen atoms in total. The van der Waals surface area contributed by atoms with Crippen LogP contribution in [0.5, 0.6) is 0 Å². The van der Waals surface area contributed by atoms with Crippen molar-refractivity contribution in [3.05, 3.63) is 24.3 Å². The maximum absolute atomic E-state index is 4.29. The number of nitrogens with zero attached hydrogens (tertiary/aromatic N) is 4. The van der Waals surface area contributed by atoms with Crippen molar-refractivity contribution in [3.63, 3.8) is 0 Å². The molecule has 1 unspecified atom stereocenters. The van der Waals surface area contributed by atoms with Gasteiger partial charge in [-0.3, -0.25) is 0 Å². The number of aromatic nitrogens is 4. The van der Waals surface area contributed by atoms with E-state index in [0.717, 1.165) is 5.56 Å². The maximum Gasteiger partial charge on any atom is 0.252 e. The molecule has 0 fully saturated rings. The SMILES string of the molecule is CC(S)c1cnc2ncnn2c1. The van der Waals surface area contributed by atoms with Gasteiger partial charge in [0, 0.05) is 23.2 Å². The van der Waals surface area contributed by atoms with Crippen LogP contribution < -0.4 is 0 Å². The van der Waals surface area contributed by atoms with Crippen molar-refractivity contribution >= 4 is 18.4 Å². The highest BCUT2D eigenvalue weighted by Gasteiger charge is 2.02. The lowest BCUT2D eigenvalue weighted by Gasteiger charge is -2.02. The Kier molecular flexibility index (Phi) is 1.73. The van der Waals surface area contributed by atoms with Crippen molar-refractivity contribution in [2.75, 3.05) is 0 Å². The first-order valence-corrected chi connectivity index (χ1v) is 4.12. The van der Waals surface area contributed by atoms with E-state index >= 15 is 0 Å². The van der Waals surface area contributed by atoms with Crippen LogP contribution in [-0.2, 0) is 0 Å². The summed E-state index contributed by atoms with van der Waals surface area (Å²) in [5.74, 6) is 0.618. The van der Waals surface area contributed by atoms with E-state index in [2.05, 4.69) is 27.7 Å². The van der Waals surface area contributed by atoms with Crippen molar-refractivity contribution in [3.8, 4) is 0 Å². The average molecular weight is 180 g/mol. The third-order valence-electron chi connectivity index (χ3n) is 1.64. The van der Waals surface area contributed by atoms with E-state index < -0.39 is 0 Å². The predicted molar refractivity (Wildman–Crippen MR) is 48.2 cm³/mol. The van der Waals surface area contributed by atoms with E-state index in [0.29, 0.717) is 5.78 Å². The van der Waals surface area contributed by atoms with Crippen LogP contribution in [0.1, 0.15) is 17.7 Å². The summed E-state index contributed by atoms with van der Waals surface area (Å²) >= 11 is 4.29. The molecule has 5 heteroatoms. The molecule has 0 aromatic carbocycles. The second-order valence-corrected chi connectivity index (χ2v) is 3.34. The van der Waals surface area contributed by atoms with Gasteiger partial charge in [0.15, 0.2) is 0 Å². The van der Waals surface area contributed by atoms with Gasteiger partial charge < -0.3 is 0 Å². The van der Waals surface area contributed by atoms with Gasteiger partial charge in [-0.25, -0.2) is 9.50 Å². The Morgan fingerprint density at radius 3 is 3.08 bits per heavy atom. The number of rotatable bonds is 1. The maximum atomic E-state index is 4.29. The fraction of sp³-hybridized carbons (Fsp3) is 0.286. The van der Waals surface area contributed by atoms with E-state index in [1.165, 1.54) is 6.33 Å². The summed E-state index contributed by atoms with van der Waals surface area (Å²) in [4.78, 5) is 8.04. The van der Waals surface area contributed by atoms with Gasteiger partial charge in [0.25, 0.3) is 5.78 Å². The predicted octanol–water partition coefficient (Wildman–Crippen LogP) is 1.12. The second kappa shape index (κ2) is 2.75. The monoisotopic (exact) mass is 180 g/mol. The Balaban J connectivity index is 2.60. The average Bonchev–Trinajstić information content (AvgIpc) is 2.49. The summed E-state index contributed by atoms with van der Waals surface area (Å²) in [5.41, 5.74) is 1.04. The Hall–Kier alpha value is -1.10. The van der Waals surface area contributed by atoms with Crippen molar-refractivity contribution in [1.29, 1.82) is 0 Å². The van der Waals surface area contributed by atoms with Crippen LogP contribution in [0.25, 0.3) is 5.78 Å². The van der Waals surface area contributed by atoms with Crippen LogP contribution in [0.15, 0.2) is 18.7 Å².